The molecule has 4 aromatic carbocycles. The van der Waals surface area contributed by atoms with Crippen molar-refractivity contribution in [2.75, 3.05) is 0 Å². The second-order valence-electron chi connectivity index (χ2n) is 11.7. The lowest BCUT2D eigenvalue weighted by Crippen LogP contribution is -1.89. The quantitative estimate of drug-likeness (QED) is 0.197. The standard InChI is InChI=1S/C42H33N3/c1-28-4-19-40(43-25-28)34-13-7-31(8-14-34)37-22-38(32-9-15-35(16-10-32)41-20-5-29(2)26-44-41)24-39(23-37)33-11-17-36(18-12-33)42-21-6-30(3)27-45-42/h4-27H,1-3H3. The first-order valence-electron chi connectivity index (χ1n) is 15.2. The summed E-state index contributed by atoms with van der Waals surface area (Å²) in [4.78, 5) is 13.8. The minimum absolute atomic E-state index is 0.980. The van der Waals surface area contributed by atoms with Gasteiger partial charge in [-0.2, -0.15) is 0 Å². The summed E-state index contributed by atoms with van der Waals surface area (Å²) < 4.78 is 0. The van der Waals surface area contributed by atoms with Crippen molar-refractivity contribution in [3.8, 4) is 67.2 Å². The molecular weight excluding hydrogens is 546 g/mol. The Kier molecular flexibility index (Phi) is 7.59. The predicted molar refractivity (Wildman–Crippen MR) is 187 cm³/mol. The van der Waals surface area contributed by atoms with Gasteiger partial charge in [0.1, 0.15) is 0 Å². The molecule has 0 spiro atoms. The number of aromatic nitrogens is 3. The Hall–Kier alpha value is -5.67. The highest BCUT2D eigenvalue weighted by Crippen LogP contribution is 2.35. The fourth-order valence-corrected chi connectivity index (χ4v) is 5.54. The number of aryl methyl sites for hydroxylation is 3. The lowest BCUT2D eigenvalue weighted by atomic mass is 9.92. The second-order valence-corrected chi connectivity index (χ2v) is 11.7. The first-order valence-corrected chi connectivity index (χ1v) is 15.2. The van der Waals surface area contributed by atoms with Crippen molar-refractivity contribution in [1.82, 2.24) is 15.0 Å². The van der Waals surface area contributed by atoms with Gasteiger partial charge in [-0.25, -0.2) is 0 Å². The molecule has 3 heterocycles. The summed E-state index contributed by atoms with van der Waals surface area (Å²) >= 11 is 0. The van der Waals surface area contributed by atoms with Crippen molar-refractivity contribution in [1.29, 1.82) is 0 Å². The molecule has 3 aromatic heterocycles. The molecule has 0 atom stereocenters. The van der Waals surface area contributed by atoms with Crippen LogP contribution < -0.4 is 0 Å². The zero-order valence-corrected chi connectivity index (χ0v) is 25.7. The number of benzene rings is 4. The van der Waals surface area contributed by atoms with Gasteiger partial charge in [0.25, 0.3) is 0 Å². The molecule has 3 heteroatoms. The van der Waals surface area contributed by atoms with Gasteiger partial charge >= 0.3 is 0 Å². The van der Waals surface area contributed by atoms with Crippen LogP contribution >= 0.6 is 0 Å². The number of pyridine rings is 3. The maximum atomic E-state index is 4.62. The van der Waals surface area contributed by atoms with Gasteiger partial charge in [-0.1, -0.05) is 91.0 Å². The highest BCUT2D eigenvalue weighted by Gasteiger charge is 2.10. The molecular formula is C42H33N3. The number of hydrogen-bond acceptors (Lipinski definition) is 3. The topological polar surface area (TPSA) is 38.7 Å². The lowest BCUT2D eigenvalue weighted by molar-refractivity contribution is 1.27. The van der Waals surface area contributed by atoms with Crippen LogP contribution in [-0.2, 0) is 0 Å². The molecule has 0 aliphatic carbocycles. The van der Waals surface area contributed by atoms with Gasteiger partial charge in [0, 0.05) is 35.3 Å². The average Bonchev–Trinajstić information content (AvgIpc) is 3.09. The minimum atomic E-state index is 0.980. The molecule has 0 unspecified atom stereocenters. The van der Waals surface area contributed by atoms with E-state index in [1.54, 1.807) is 0 Å². The Morgan fingerprint density at radius 2 is 0.511 bits per heavy atom. The van der Waals surface area contributed by atoms with Crippen LogP contribution in [0, 0.1) is 20.8 Å². The van der Waals surface area contributed by atoms with Gasteiger partial charge in [-0.3, -0.25) is 15.0 Å². The van der Waals surface area contributed by atoms with Crippen molar-refractivity contribution in [2.45, 2.75) is 20.8 Å². The van der Waals surface area contributed by atoms with Gasteiger partial charge in [0.15, 0.2) is 0 Å². The molecule has 0 fully saturated rings. The van der Waals surface area contributed by atoms with Crippen molar-refractivity contribution in [2.24, 2.45) is 0 Å². The molecule has 0 aliphatic rings. The maximum Gasteiger partial charge on any atom is 0.0702 e. The number of nitrogens with zero attached hydrogens (tertiary/aromatic N) is 3. The van der Waals surface area contributed by atoms with Crippen LogP contribution in [0.1, 0.15) is 16.7 Å². The van der Waals surface area contributed by atoms with E-state index < -0.39 is 0 Å². The smallest absolute Gasteiger partial charge is 0.0702 e. The van der Waals surface area contributed by atoms with E-state index >= 15 is 0 Å². The summed E-state index contributed by atoms with van der Waals surface area (Å²) in [5.41, 5.74) is 16.7. The monoisotopic (exact) mass is 579 g/mol. The van der Waals surface area contributed by atoms with Gasteiger partial charge < -0.3 is 0 Å². The van der Waals surface area contributed by atoms with Gasteiger partial charge in [0.05, 0.1) is 17.1 Å². The maximum absolute atomic E-state index is 4.62. The van der Waals surface area contributed by atoms with E-state index in [4.69, 9.17) is 0 Å². The molecule has 0 aliphatic heterocycles. The summed E-state index contributed by atoms with van der Waals surface area (Å²) in [6.45, 7) is 6.18. The summed E-state index contributed by atoms with van der Waals surface area (Å²) in [6.07, 6.45) is 5.75. The largest absolute Gasteiger partial charge is 0.256 e. The predicted octanol–water partition coefficient (Wildman–Crippen LogP) is 10.8. The van der Waals surface area contributed by atoms with Crippen LogP contribution in [0.25, 0.3) is 67.2 Å². The fourth-order valence-electron chi connectivity index (χ4n) is 5.54. The Labute approximate surface area is 265 Å². The molecule has 0 amide bonds. The number of rotatable bonds is 6. The highest BCUT2D eigenvalue weighted by molar-refractivity contribution is 5.83. The van der Waals surface area contributed by atoms with Crippen LogP contribution in [0.4, 0.5) is 0 Å². The minimum Gasteiger partial charge on any atom is -0.256 e. The molecule has 216 valence electrons. The third-order valence-corrected chi connectivity index (χ3v) is 8.21. The second kappa shape index (κ2) is 12.1. The zero-order valence-electron chi connectivity index (χ0n) is 25.7. The van der Waals surface area contributed by atoms with Gasteiger partial charge in [-0.15, -0.1) is 0 Å². The summed E-state index contributed by atoms with van der Waals surface area (Å²) in [6, 6.07) is 45.5. The van der Waals surface area contributed by atoms with Crippen LogP contribution in [0.3, 0.4) is 0 Å². The summed E-state index contributed by atoms with van der Waals surface area (Å²) in [7, 11) is 0. The van der Waals surface area contributed by atoms with E-state index in [0.717, 1.165) is 67.2 Å². The normalized spacial score (nSPS) is 11.0. The lowest BCUT2D eigenvalue weighted by Gasteiger charge is -2.13. The SMILES string of the molecule is Cc1ccc(-c2ccc(-c3cc(-c4ccc(-c5ccc(C)cn5)cc4)cc(-c4ccc(-c5ccc(C)cn5)cc4)c3)cc2)nc1. The molecule has 0 bridgehead atoms. The zero-order chi connectivity index (χ0) is 30.8. The molecule has 0 radical (unpaired) electrons. The summed E-state index contributed by atoms with van der Waals surface area (Å²) in [5, 5.41) is 0. The van der Waals surface area contributed by atoms with Gasteiger partial charge in [-0.05, 0) is 107 Å². The van der Waals surface area contributed by atoms with E-state index in [9.17, 15) is 0 Å². The van der Waals surface area contributed by atoms with E-state index in [1.807, 2.05) is 18.6 Å². The number of hydrogen-bond donors (Lipinski definition) is 0. The Balaban J connectivity index is 1.27. The third-order valence-electron chi connectivity index (χ3n) is 8.21. The molecule has 7 aromatic rings. The molecule has 3 nitrogen and oxygen atoms in total. The molecule has 0 saturated heterocycles. The molecule has 45 heavy (non-hydrogen) atoms. The first kappa shape index (κ1) is 28.1. The van der Waals surface area contributed by atoms with Crippen molar-refractivity contribution in [3.63, 3.8) is 0 Å². The van der Waals surface area contributed by atoms with E-state index in [-0.39, 0.29) is 0 Å². The van der Waals surface area contributed by atoms with E-state index in [2.05, 4.69) is 163 Å². The third kappa shape index (κ3) is 6.20. The van der Waals surface area contributed by atoms with Crippen LogP contribution in [0.2, 0.25) is 0 Å². The first-order chi connectivity index (χ1) is 22.0. The van der Waals surface area contributed by atoms with E-state index in [1.165, 1.54) is 16.7 Å². The average molecular weight is 580 g/mol. The highest BCUT2D eigenvalue weighted by atomic mass is 14.7. The Morgan fingerprint density at radius 3 is 0.733 bits per heavy atom. The summed E-state index contributed by atoms with van der Waals surface area (Å²) in [5.74, 6) is 0. The molecule has 0 saturated carbocycles. The fraction of sp³-hybridized carbons (Fsp3) is 0.0714. The van der Waals surface area contributed by atoms with Gasteiger partial charge in [0.2, 0.25) is 0 Å². The Morgan fingerprint density at radius 1 is 0.267 bits per heavy atom. The van der Waals surface area contributed by atoms with Crippen molar-refractivity contribution < 1.29 is 0 Å². The van der Waals surface area contributed by atoms with Crippen LogP contribution in [0.5, 0.6) is 0 Å². The van der Waals surface area contributed by atoms with Crippen LogP contribution in [0.15, 0.2) is 146 Å². The molecule has 7 rings (SSSR count). The van der Waals surface area contributed by atoms with E-state index in [0.29, 0.717) is 0 Å². The Bertz CT molecular complexity index is 1800. The molecule has 0 N–H and O–H groups in total. The van der Waals surface area contributed by atoms with Crippen molar-refractivity contribution in [3.05, 3.63) is 163 Å². The van der Waals surface area contributed by atoms with Crippen LogP contribution in [-0.4, -0.2) is 15.0 Å². The van der Waals surface area contributed by atoms with Crippen molar-refractivity contribution >= 4 is 0 Å².